The van der Waals surface area contributed by atoms with E-state index in [1.54, 1.807) is 26.2 Å². The fourth-order valence-corrected chi connectivity index (χ4v) is 4.16. The van der Waals surface area contributed by atoms with Crippen LogP contribution in [0.2, 0.25) is 0 Å². The summed E-state index contributed by atoms with van der Waals surface area (Å²) < 4.78 is 31.6. The van der Waals surface area contributed by atoms with Crippen molar-refractivity contribution in [2.75, 3.05) is 13.1 Å². The van der Waals surface area contributed by atoms with Gasteiger partial charge in [0.1, 0.15) is 0 Å². The minimum atomic E-state index is -3.26. The minimum Gasteiger partial charge on any atom is -0.339 e. The molecule has 124 valence electrons. The highest BCUT2D eigenvalue weighted by Gasteiger charge is 2.40. The molecule has 2 aromatic rings. The summed E-state index contributed by atoms with van der Waals surface area (Å²) in [6.45, 7) is 6.28. The summed E-state index contributed by atoms with van der Waals surface area (Å²) in [5, 5.41) is 3.58. The Morgan fingerprint density at radius 2 is 1.96 bits per heavy atom. The molecule has 0 spiro atoms. The molecule has 1 aliphatic heterocycles. The van der Waals surface area contributed by atoms with Crippen molar-refractivity contribution in [2.24, 2.45) is 5.92 Å². The molecule has 3 rings (SSSR count). The fraction of sp³-hybridized carbons (Fsp3) is 0.533. The summed E-state index contributed by atoms with van der Waals surface area (Å²) in [5.41, 5.74) is 0.826. The molecule has 3 heterocycles. The van der Waals surface area contributed by atoms with Gasteiger partial charge in [-0.05, 0) is 31.9 Å². The van der Waals surface area contributed by atoms with Crippen LogP contribution in [0.25, 0.3) is 11.4 Å². The Morgan fingerprint density at radius 1 is 1.26 bits per heavy atom. The lowest BCUT2D eigenvalue weighted by Crippen LogP contribution is -2.34. The molecule has 2 atom stereocenters. The summed E-state index contributed by atoms with van der Waals surface area (Å²) >= 11 is 0. The number of hydrogen-bond acceptors (Lipinski definition) is 6. The van der Waals surface area contributed by atoms with Crippen molar-refractivity contribution in [3.05, 3.63) is 30.4 Å². The molecule has 0 radical (unpaired) electrons. The zero-order valence-corrected chi connectivity index (χ0v) is 14.2. The minimum absolute atomic E-state index is 0.0772. The van der Waals surface area contributed by atoms with Crippen LogP contribution >= 0.6 is 0 Å². The van der Waals surface area contributed by atoms with Crippen LogP contribution in [-0.2, 0) is 10.0 Å². The molecule has 8 heteroatoms. The lowest BCUT2D eigenvalue weighted by molar-refractivity contribution is 0.338. The molecular weight excluding hydrogens is 316 g/mol. The lowest BCUT2D eigenvalue weighted by Gasteiger charge is -2.18. The van der Waals surface area contributed by atoms with E-state index in [2.05, 4.69) is 15.1 Å². The number of nitrogens with zero attached hydrogens (tertiary/aromatic N) is 4. The van der Waals surface area contributed by atoms with Gasteiger partial charge in [-0.1, -0.05) is 12.1 Å². The van der Waals surface area contributed by atoms with Gasteiger partial charge < -0.3 is 4.52 Å². The summed E-state index contributed by atoms with van der Waals surface area (Å²) in [7, 11) is -3.26. The second-order valence-electron chi connectivity index (χ2n) is 6.19. The van der Waals surface area contributed by atoms with E-state index in [4.69, 9.17) is 4.52 Å². The summed E-state index contributed by atoms with van der Waals surface area (Å²) in [6, 6.07) is 3.62. The highest BCUT2D eigenvalue weighted by molar-refractivity contribution is 7.89. The van der Waals surface area contributed by atoms with Gasteiger partial charge in [0, 0.05) is 31.0 Å². The number of rotatable bonds is 4. The van der Waals surface area contributed by atoms with Crippen LogP contribution in [0.4, 0.5) is 0 Å². The third-order valence-electron chi connectivity index (χ3n) is 4.23. The Bertz CT molecular complexity index is 773. The van der Waals surface area contributed by atoms with Crippen molar-refractivity contribution in [2.45, 2.75) is 31.9 Å². The van der Waals surface area contributed by atoms with E-state index in [9.17, 15) is 8.42 Å². The third-order valence-corrected chi connectivity index (χ3v) is 6.44. The molecule has 0 bridgehead atoms. The van der Waals surface area contributed by atoms with Gasteiger partial charge in [-0.15, -0.1) is 0 Å². The van der Waals surface area contributed by atoms with E-state index >= 15 is 0 Å². The quantitative estimate of drug-likeness (QED) is 0.847. The number of aromatic nitrogens is 3. The molecule has 2 aromatic heterocycles. The van der Waals surface area contributed by atoms with Gasteiger partial charge >= 0.3 is 0 Å². The van der Waals surface area contributed by atoms with Crippen molar-refractivity contribution in [3.8, 4) is 11.4 Å². The number of sulfonamides is 1. The van der Waals surface area contributed by atoms with Crippen LogP contribution in [0.5, 0.6) is 0 Å². The molecular formula is C15H20N4O3S. The third kappa shape index (κ3) is 3.00. The molecule has 0 unspecified atom stereocenters. The summed E-state index contributed by atoms with van der Waals surface area (Å²) in [6.07, 6.45) is 3.33. The van der Waals surface area contributed by atoms with Gasteiger partial charge in [0.2, 0.25) is 21.7 Å². The molecule has 7 nitrogen and oxygen atoms in total. The first-order chi connectivity index (χ1) is 10.9. The molecule has 0 saturated carbocycles. The zero-order valence-electron chi connectivity index (χ0n) is 13.4. The SMILES string of the molecule is CC(C)S(=O)(=O)N1C[C@@H](C)[C@H](c2nc(-c3ccncc3)no2)C1. The predicted molar refractivity (Wildman–Crippen MR) is 85.1 cm³/mol. The maximum Gasteiger partial charge on any atom is 0.231 e. The first-order valence-corrected chi connectivity index (χ1v) is 9.13. The highest BCUT2D eigenvalue weighted by atomic mass is 32.2. The predicted octanol–water partition coefficient (Wildman–Crippen LogP) is 1.91. The first kappa shape index (κ1) is 16.1. The van der Waals surface area contributed by atoms with E-state index in [1.807, 2.05) is 19.1 Å². The standard InChI is InChI=1S/C15H20N4O3S/c1-10(2)23(20,21)19-8-11(3)13(9-19)15-17-14(18-22-15)12-4-6-16-7-5-12/h4-7,10-11,13H,8-9H2,1-3H3/t11-,13-/m1/s1. The number of pyridine rings is 1. The van der Waals surface area contributed by atoms with Gasteiger partial charge in [-0.2, -0.15) is 4.98 Å². The van der Waals surface area contributed by atoms with Crippen molar-refractivity contribution >= 4 is 10.0 Å². The fourth-order valence-electron chi connectivity index (χ4n) is 2.75. The lowest BCUT2D eigenvalue weighted by atomic mass is 9.98. The summed E-state index contributed by atoms with van der Waals surface area (Å²) in [5.74, 6) is 1.05. The van der Waals surface area contributed by atoms with E-state index < -0.39 is 15.3 Å². The Morgan fingerprint density at radius 3 is 2.61 bits per heavy atom. The normalized spacial score (nSPS) is 22.8. The Labute approximate surface area is 135 Å². The van der Waals surface area contributed by atoms with Crippen LogP contribution in [0.15, 0.2) is 29.0 Å². The van der Waals surface area contributed by atoms with Crippen LogP contribution in [0.3, 0.4) is 0 Å². The summed E-state index contributed by atoms with van der Waals surface area (Å²) in [4.78, 5) is 8.41. The van der Waals surface area contributed by atoms with Crippen molar-refractivity contribution < 1.29 is 12.9 Å². The molecule has 1 saturated heterocycles. The van der Waals surface area contributed by atoms with E-state index in [-0.39, 0.29) is 11.8 Å². The molecule has 0 amide bonds. The molecule has 0 N–H and O–H groups in total. The maximum atomic E-state index is 12.3. The van der Waals surface area contributed by atoms with Crippen LogP contribution in [-0.4, -0.2) is 46.2 Å². The largest absolute Gasteiger partial charge is 0.339 e. The highest BCUT2D eigenvalue weighted by Crippen LogP contribution is 2.34. The zero-order chi connectivity index (χ0) is 16.6. The monoisotopic (exact) mass is 336 g/mol. The van der Waals surface area contributed by atoms with Gasteiger partial charge in [-0.25, -0.2) is 12.7 Å². The smallest absolute Gasteiger partial charge is 0.231 e. The molecule has 0 aliphatic carbocycles. The van der Waals surface area contributed by atoms with Crippen LogP contribution < -0.4 is 0 Å². The van der Waals surface area contributed by atoms with Crippen molar-refractivity contribution in [1.29, 1.82) is 0 Å². The van der Waals surface area contributed by atoms with E-state index in [0.717, 1.165) is 5.56 Å². The second-order valence-corrected chi connectivity index (χ2v) is 8.68. The van der Waals surface area contributed by atoms with Gasteiger partial charge in [-0.3, -0.25) is 4.98 Å². The van der Waals surface area contributed by atoms with Gasteiger partial charge in [0.05, 0.1) is 11.2 Å². The molecule has 23 heavy (non-hydrogen) atoms. The molecule has 1 fully saturated rings. The number of hydrogen-bond donors (Lipinski definition) is 0. The molecule has 0 aromatic carbocycles. The average molecular weight is 336 g/mol. The van der Waals surface area contributed by atoms with Gasteiger partial charge in [0.15, 0.2) is 0 Å². The Balaban J connectivity index is 1.82. The van der Waals surface area contributed by atoms with Crippen molar-refractivity contribution in [1.82, 2.24) is 19.4 Å². The van der Waals surface area contributed by atoms with Gasteiger partial charge in [0.25, 0.3) is 0 Å². The van der Waals surface area contributed by atoms with Crippen LogP contribution in [0, 0.1) is 5.92 Å². The maximum absolute atomic E-state index is 12.3. The average Bonchev–Trinajstić information content (AvgIpc) is 3.14. The van der Waals surface area contributed by atoms with Crippen LogP contribution in [0.1, 0.15) is 32.6 Å². The Kier molecular flexibility index (Phi) is 4.20. The topological polar surface area (TPSA) is 89.2 Å². The van der Waals surface area contributed by atoms with E-state index in [0.29, 0.717) is 24.8 Å². The molecule has 1 aliphatic rings. The van der Waals surface area contributed by atoms with E-state index in [1.165, 1.54) is 4.31 Å². The second kappa shape index (κ2) is 6.01. The van der Waals surface area contributed by atoms with Crippen molar-refractivity contribution in [3.63, 3.8) is 0 Å². The Hall–Kier alpha value is -1.80. The first-order valence-electron chi connectivity index (χ1n) is 7.62.